The van der Waals surface area contributed by atoms with Gasteiger partial charge in [-0.15, -0.1) is 11.3 Å². The van der Waals surface area contributed by atoms with E-state index in [2.05, 4.69) is 10.0 Å². The lowest BCUT2D eigenvalue weighted by Crippen LogP contribution is -2.24. The maximum absolute atomic E-state index is 11.9. The molecule has 0 atom stereocenters. The molecule has 2 aromatic rings. The van der Waals surface area contributed by atoms with Gasteiger partial charge in [0.05, 0.1) is 13.0 Å². The number of nitrogens with one attached hydrogen (secondary N) is 2. The third kappa shape index (κ3) is 4.40. The van der Waals surface area contributed by atoms with Crippen LogP contribution in [0.1, 0.15) is 16.0 Å². The molecule has 7 heteroatoms. The number of carbonyl (C=O) groups excluding carboxylic acids is 1. The fraction of sp³-hybridized carbons (Fsp3) is 0.267. The molecule has 1 amide bonds. The molecule has 118 valence electrons. The molecule has 0 aliphatic rings. The summed E-state index contributed by atoms with van der Waals surface area (Å²) in [4.78, 5) is 12.7. The minimum absolute atomic E-state index is 0.0877. The first-order valence-electron chi connectivity index (χ1n) is 6.75. The summed E-state index contributed by atoms with van der Waals surface area (Å²) in [6.45, 7) is 2.33. The molecule has 2 rings (SSSR count). The predicted molar refractivity (Wildman–Crippen MR) is 87.3 cm³/mol. The molecule has 0 aliphatic heterocycles. The molecule has 22 heavy (non-hydrogen) atoms. The van der Waals surface area contributed by atoms with Crippen molar-refractivity contribution in [3.63, 3.8) is 0 Å². The van der Waals surface area contributed by atoms with Crippen molar-refractivity contribution < 1.29 is 13.2 Å². The molecule has 1 heterocycles. The van der Waals surface area contributed by atoms with E-state index in [-0.39, 0.29) is 10.1 Å². The van der Waals surface area contributed by atoms with Crippen LogP contribution < -0.4 is 10.0 Å². The average Bonchev–Trinajstić information content (AvgIpc) is 2.97. The Kier molecular flexibility index (Phi) is 5.33. The summed E-state index contributed by atoms with van der Waals surface area (Å²) in [7, 11) is -2.04. The molecule has 0 radical (unpaired) electrons. The van der Waals surface area contributed by atoms with Gasteiger partial charge in [0, 0.05) is 4.88 Å². The van der Waals surface area contributed by atoms with Crippen LogP contribution in [0.25, 0.3) is 0 Å². The van der Waals surface area contributed by atoms with Crippen LogP contribution in [0.5, 0.6) is 0 Å². The van der Waals surface area contributed by atoms with Gasteiger partial charge in [-0.1, -0.05) is 29.8 Å². The van der Waals surface area contributed by atoms with Crippen LogP contribution in [-0.2, 0) is 27.8 Å². The zero-order chi connectivity index (χ0) is 16.2. The lowest BCUT2D eigenvalue weighted by Gasteiger charge is -2.04. The maximum Gasteiger partial charge on any atom is 0.249 e. The summed E-state index contributed by atoms with van der Waals surface area (Å²) in [6, 6.07) is 11.0. The largest absolute Gasteiger partial charge is 0.351 e. The molecule has 0 saturated carbocycles. The number of rotatable bonds is 6. The first kappa shape index (κ1) is 16.7. The highest BCUT2D eigenvalue weighted by Gasteiger charge is 2.14. The van der Waals surface area contributed by atoms with E-state index in [0.717, 1.165) is 27.3 Å². The first-order valence-corrected chi connectivity index (χ1v) is 9.05. The van der Waals surface area contributed by atoms with E-state index in [4.69, 9.17) is 0 Å². The second-order valence-corrected chi connectivity index (χ2v) is 8.15. The molecule has 0 spiro atoms. The molecular formula is C15H18N2O3S2. The molecule has 1 aromatic carbocycles. The summed E-state index contributed by atoms with van der Waals surface area (Å²) in [5.74, 6) is -0.0877. The number of thiophene rings is 1. The monoisotopic (exact) mass is 338 g/mol. The molecule has 0 aliphatic carbocycles. The normalized spacial score (nSPS) is 11.4. The van der Waals surface area contributed by atoms with E-state index in [1.807, 2.05) is 31.2 Å². The topological polar surface area (TPSA) is 75.3 Å². The molecule has 5 nitrogen and oxygen atoms in total. The van der Waals surface area contributed by atoms with Gasteiger partial charge in [-0.05, 0) is 31.7 Å². The van der Waals surface area contributed by atoms with Crippen LogP contribution in [0.15, 0.2) is 40.6 Å². The molecule has 0 saturated heterocycles. The minimum atomic E-state index is -3.41. The Balaban J connectivity index is 1.90. The highest BCUT2D eigenvalue weighted by Crippen LogP contribution is 2.21. The van der Waals surface area contributed by atoms with Gasteiger partial charge in [0.15, 0.2) is 0 Å². The van der Waals surface area contributed by atoms with Gasteiger partial charge in [-0.25, -0.2) is 13.1 Å². The number of carbonyl (C=O) groups is 1. The number of aryl methyl sites for hydroxylation is 1. The van der Waals surface area contributed by atoms with Gasteiger partial charge in [-0.2, -0.15) is 0 Å². The number of amides is 1. The van der Waals surface area contributed by atoms with Crippen LogP contribution >= 0.6 is 11.3 Å². The molecule has 2 N–H and O–H groups in total. The number of sulfonamides is 1. The first-order chi connectivity index (χ1) is 10.4. The van der Waals surface area contributed by atoms with Crippen molar-refractivity contribution in [2.24, 2.45) is 0 Å². The SMILES string of the molecule is CNS(=O)(=O)c1ccc(CNC(=O)Cc2ccc(C)cc2)s1. The highest BCUT2D eigenvalue weighted by molar-refractivity contribution is 7.91. The number of hydrogen-bond donors (Lipinski definition) is 2. The van der Waals surface area contributed by atoms with Gasteiger partial charge in [0.1, 0.15) is 4.21 Å². The van der Waals surface area contributed by atoms with Crippen LogP contribution in [0.3, 0.4) is 0 Å². The molecule has 1 aromatic heterocycles. The van der Waals surface area contributed by atoms with Crippen molar-refractivity contribution in [3.8, 4) is 0 Å². The summed E-state index contributed by atoms with van der Waals surface area (Å²) >= 11 is 1.15. The van der Waals surface area contributed by atoms with Crippen molar-refractivity contribution in [3.05, 3.63) is 52.4 Å². The number of hydrogen-bond acceptors (Lipinski definition) is 4. The van der Waals surface area contributed by atoms with E-state index >= 15 is 0 Å². The number of benzene rings is 1. The van der Waals surface area contributed by atoms with Crippen molar-refractivity contribution >= 4 is 27.3 Å². The van der Waals surface area contributed by atoms with E-state index < -0.39 is 10.0 Å². The van der Waals surface area contributed by atoms with Crippen molar-refractivity contribution in [2.45, 2.75) is 24.1 Å². The van der Waals surface area contributed by atoms with Crippen LogP contribution in [0.2, 0.25) is 0 Å². The third-order valence-corrected chi connectivity index (χ3v) is 6.11. The molecule has 0 bridgehead atoms. The molecule has 0 unspecified atom stereocenters. The van der Waals surface area contributed by atoms with Crippen LogP contribution in [0.4, 0.5) is 0 Å². The summed E-state index contributed by atoms with van der Waals surface area (Å²) in [6.07, 6.45) is 0.313. The van der Waals surface area contributed by atoms with Gasteiger partial charge in [-0.3, -0.25) is 4.79 Å². The Morgan fingerprint density at radius 1 is 1.14 bits per heavy atom. The Morgan fingerprint density at radius 2 is 1.82 bits per heavy atom. The lowest BCUT2D eigenvalue weighted by molar-refractivity contribution is -0.120. The second-order valence-electron chi connectivity index (χ2n) is 4.87. The summed E-state index contributed by atoms with van der Waals surface area (Å²) in [5, 5.41) is 2.80. The van der Waals surface area contributed by atoms with E-state index in [1.54, 1.807) is 6.07 Å². The third-order valence-electron chi connectivity index (χ3n) is 3.12. The summed E-state index contributed by atoms with van der Waals surface area (Å²) in [5.41, 5.74) is 2.11. The Labute approximate surface area is 134 Å². The zero-order valence-corrected chi connectivity index (χ0v) is 14.1. The molecular weight excluding hydrogens is 320 g/mol. The van der Waals surface area contributed by atoms with Gasteiger partial charge < -0.3 is 5.32 Å². The summed E-state index contributed by atoms with van der Waals surface area (Å²) < 4.78 is 25.8. The quantitative estimate of drug-likeness (QED) is 0.844. The second kappa shape index (κ2) is 7.04. The minimum Gasteiger partial charge on any atom is -0.351 e. The van der Waals surface area contributed by atoms with Gasteiger partial charge >= 0.3 is 0 Å². The van der Waals surface area contributed by atoms with Gasteiger partial charge in [0.25, 0.3) is 0 Å². The predicted octanol–water partition coefficient (Wildman–Crippen LogP) is 1.82. The lowest BCUT2D eigenvalue weighted by atomic mass is 10.1. The average molecular weight is 338 g/mol. The highest BCUT2D eigenvalue weighted by atomic mass is 32.2. The fourth-order valence-corrected chi connectivity index (χ4v) is 3.97. The fourth-order valence-electron chi connectivity index (χ4n) is 1.84. The Bertz CT molecular complexity index is 749. The standard InChI is InChI=1S/C15H18N2O3S2/c1-11-3-5-12(6-4-11)9-14(18)17-10-13-7-8-15(21-13)22(19,20)16-2/h3-8,16H,9-10H2,1-2H3,(H,17,18). The smallest absolute Gasteiger partial charge is 0.249 e. The Morgan fingerprint density at radius 3 is 2.45 bits per heavy atom. The van der Waals surface area contributed by atoms with E-state index in [0.29, 0.717) is 13.0 Å². The zero-order valence-electron chi connectivity index (χ0n) is 12.4. The van der Waals surface area contributed by atoms with Gasteiger partial charge in [0.2, 0.25) is 15.9 Å². The molecule has 0 fully saturated rings. The van der Waals surface area contributed by atoms with Crippen LogP contribution in [-0.4, -0.2) is 21.4 Å². The van der Waals surface area contributed by atoms with E-state index in [1.165, 1.54) is 13.1 Å². The van der Waals surface area contributed by atoms with Crippen molar-refractivity contribution in [1.82, 2.24) is 10.0 Å². The van der Waals surface area contributed by atoms with E-state index in [9.17, 15) is 13.2 Å². The van der Waals surface area contributed by atoms with Crippen molar-refractivity contribution in [1.29, 1.82) is 0 Å². The van der Waals surface area contributed by atoms with Crippen LogP contribution in [0, 0.1) is 6.92 Å². The maximum atomic E-state index is 11.9. The Hall–Kier alpha value is -1.70. The van der Waals surface area contributed by atoms with Crippen molar-refractivity contribution in [2.75, 3.05) is 7.05 Å².